The fourth-order valence-electron chi connectivity index (χ4n) is 3.23. The molecule has 3 N–H and O–H groups in total. The number of rotatable bonds is 6. The van der Waals surface area contributed by atoms with Gasteiger partial charge in [-0.2, -0.15) is 0 Å². The van der Waals surface area contributed by atoms with Gasteiger partial charge in [0.25, 0.3) is 0 Å². The highest BCUT2D eigenvalue weighted by molar-refractivity contribution is 5.93. The van der Waals surface area contributed by atoms with Gasteiger partial charge in [-0.05, 0) is 44.4 Å². The van der Waals surface area contributed by atoms with Crippen LogP contribution in [0, 0.1) is 5.92 Å². The normalized spacial score (nSPS) is 18.7. The molecule has 1 aromatic carbocycles. The van der Waals surface area contributed by atoms with Gasteiger partial charge in [0, 0.05) is 37.8 Å². The molecule has 0 bridgehead atoms. The number of methoxy groups -OCH3 is 1. The van der Waals surface area contributed by atoms with E-state index in [9.17, 15) is 9.59 Å². The molecule has 1 aromatic rings. The molecule has 26 heavy (non-hydrogen) atoms. The lowest BCUT2D eigenvalue weighted by molar-refractivity contribution is -0.114. The highest BCUT2D eigenvalue weighted by atomic mass is 16.5. The van der Waals surface area contributed by atoms with Gasteiger partial charge in [-0.3, -0.25) is 9.69 Å². The molecule has 144 valence electrons. The van der Waals surface area contributed by atoms with Crippen LogP contribution in [0.1, 0.15) is 33.6 Å². The van der Waals surface area contributed by atoms with Crippen molar-refractivity contribution in [2.45, 2.75) is 39.7 Å². The Balaban J connectivity index is 1.86. The fraction of sp³-hybridized carbons (Fsp3) is 0.579. The van der Waals surface area contributed by atoms with Crippen LogP contribution in [0.4, 0.5) is 16.2 Å². The van der Waals surface area contributed by atoms with E-state index in [-0.39, 0.29) is 11.9 Å². The van der Waals surface area contributed by atoms with Crippen molar-refractivity contribution < 1.29 is 14.3 Å². The molecule has 1 saturated heterocycles. The maximum atomic E-state index is 12.2. The minimum Gasteiger partial charge on any atom is -0.494 e. The molecule has 0 radical (unpaired) electrons. The van der Waals surface area contributed by atoms with E-state index in [1.54, 1.807) is 18.2 Å². The third kappa shape index (κ3) is 5.91. The van der Waals surface area contributed by atoms with Crippen molar-refractivity contribution in [3.63, 3.8) is 0 Å². The van der Waals surface area contributed by atoms with E-state index < -0.39 is 0 Å². The summed E-state index contributed by atoms with van der Waals surface area (Å²) in [7, 11) is 1.52. The van der Waals surface area contributed by atoms with Crippen LogP contribution in [-0.4, -0.2) is 49.6 Å². The van der Waals surface area contributed by atoms with Crippen molar-refractivity contribution >= 4 is 23.3 Å². The van der Waals surface area contributed by atoms with E-state index in [0.29, 0.717) is 29.7 Å². The average molecular weight is 362 g/mol. The summed E-state index contributed by atoms with van der Waals surface area (Å²) in [5.74, 6) is 1.03. The predicted molar refractivity (Wildman–Crippen MR) is 104 cm³/mol. The van der Waals surface area contributed by atoms with Gasteiger partial charge in [0.1, 0.15) is 5.75 Å². The molecule has 1 aliphatic rings. The first-order chi connectivity index (χ1) is 12.4. The summed E-state index contributed by atoms with van der Waals surface area (Å²) in [6.45, 7) is 8.63. The predicted octanol–water partition coefficient (Wildman–Crippen LogP) is 2.90. The van der Waals surface area contributed by atoms with Crippen molar-refractivity contribution in [3.05, 3.63) is 18.2 Å². The highest BCUT2D eigenvalue weighted by Gasteiger charge is 2.21. The maximum absolute atomic E-state index is 12.2. The molecule has 7 nitrogen and oxygen atoms in total. The molecular formula is C19H30N4O3. The van der Waals surface area contributed by atoms with Gasteiger partial charge in [-0.15, -0.1) is 0 Å². The second-order valence-electron chi connectivity index (χ2n) is 7.02. The molecule has 1 heterocycles. The molecule has 2 rings (SSSR count). The minimum absolute atomic E-state index is 0.178. The largest absolute Gasteiger partial charge is 0.494 e. The number of benzene rings is 1. The summed E-state index contributed by atoms with van der Waals surface area (Å²) >= 11 is 0. The third-order valence-corrected chi connectivity index (χ3v) is 4.64. The summed E-state index contributed by atoms with van der Waals surface area (Å²) in [5.41, 5.74) is 1.17. The van der Waals surface area contributed by atoms with Crippen LogP contribution in [0.5, 0.6) is 5.75 Å². The number of likely N-dealkylation sites (tertiary alicyclic amines) is 1. The van der Waals surface area contributed by atoms with Gasteiger partial charge in [0.05, 0.1) is 12.8 Å². The smallest absolute Gasteiger partial charge is 0.319 e. The van der Waals surface area contributed by atoms with Crippen LogP contribution >= 0.6 is 0 Å². The molecule has 7 heteroatoms. The van der Waals surface area contributed by atoms with Crippen molar-refractivity contribution in [2.75, 3.05) is 37.4 Å². The monoisotopic (exact) mass is 362 g/mol. The van der Waals surface area contributed by atoms with Gasteiger partial charge in [-0.25, -0.2) is 4.79 Å². The van der Waals surface area contributed by atoms with Gasteiger partial charge in [0.15, 0.2) is 0 Å². The minimum atomic E-state index is -0.253. The van der Waals surface area contributed by atoms with Crippen LogP contribution in [0.15, 0.2) is 18.2 Å². The number of ether oxygens (including phenoxy) is 1. The molecule has 0 unspecified atom stereocenters. The molecule has 0 spiro atoms. The van der Waals surface area contributed by atoms with Gasteiger partial charge < -0.3 is 20.7 Å². The van der Waals surface area contributed by atoms with Crippen molar-refractivity contribution in [1.82, 2.24) is 10.2 Å². The Morgan fingerprint density at radius 2 is 2.12 bits per heavy atom. The van der Waals surface area contributed by atoms with Crippen molar-refractivity contribution in [2.24, 2.45) is 5.92 Å². The van der Waals surface area contributed by atoms with Gasteiger partial charge in [0.2, 0.25) is 5.91 Å². The Bertz CT molecular complexity index is 635. The first-order valence-electron chi connectivity index (χ1n) is 9.13. The van der Waals surface area contributed by atoms with Crippen molar-refractivity contribution in [3.8, 4) is 5.75 Å². The number of nitrogens with one attached hydrogen (secondary N) is 3. The Labute approximate surface area is 155 Å². The van der Waals surface area contributed by atoms with Gasteiger partial charge in [-0.1, -0.05) is 6.92 Å². The zero-order valence-electron chi connectivity index (χ0n) is 16.1. The zero-order chi connectivity index (χ0) is 19.1. The summed E-state index contributed by atoms with van der Waals surface area (Å²) in [4.78, 5) is 25.8. The number of hydrogen-bond acceptors (Lipinski definition) is 4. The molecule has 2 atom stereocenters. The molecular weight excluding hydrogens is 332 g/mol. The van der Waals surface area contributed by atoms with E-state index in [1.807, 2.05) is 0 Å². The number of carbonyl (C=O) groups excluding carboxylic acids is 2. The van der Waals surface area contributed by atoms with E-state index in [2.05, 4.69) is 34.7 Å². The summed E-state index contributed by atoms with van der Waals surface area (Å²) in [6.07, 6.45) is 2.51. The maximum Gasteiger partial charge on any atom is 0.319 e. The second-order valence-corrected chi connectivity index (χ2v) is 7.02. The number of nitrogens with zero attached hydrogens (tertiary/aromatic N) is 1. The number of piperidine rings is 1. The Hall–Kier alpha value is -2.28. The Morgan fingerprint density at radius 1 is 1.35 bits per heavy atom. The van der Waals surface area contributed by atoms with Crippen LogP contribution in [0.3, 0.4) is 0 Å². The Kier molecular flexibility index (Phi) is 7.26. The summed E-state index contributed by atoms with van der Waals surface area (Å²) < 4.78 is 5.26. The number of amides is 3. The quantitative estimate of drug-likeness (QED) is 0.727. The number of carbonyl (C=O) groups is 2. The summed E-state index contributed by atoms with van der Waals surface area (Å²) in [6, 6.07) is 5.16. The van der Waals surface area contributed by atoms with Crippen LogP contribution in [0.2, 0.25) is 0 Å². The van der Waals surface area contributed by atoms with Crippen LogP contribution < -0.4 is 20.7 Å². The highest BCUT2D eigenvalue weighted by Crippen LogP contribution is 2.27. The molecule has 1 aliphatic heterocycles. The molecule has 0 saturated carbocycles. The standard InChI is InChI=1S/C19H30N4O3/c1-13-6-5-9-23(12-13)14(2)11-20-19(25)22-16-7-8-17(21-15(3)24)18(10-16)26-4/h7-8,10,13-14H,5-6,9,11-12H2,1-4H3,(H,21,24)(H2,20,22,25)/t13-,14+/m0/s1. The molecule has 1 fully saturated rings. The third-order valence-electron chi connectivity index (χ3n) is 4.64. The van der Waals surface area contributed by atoms with E-state index >= 15 is 0 Å². The SMILES string of the molecule is COc1cc(NC(=O)NC[C@@H](C)N2CCC[C@H](C)C2)ccc1NC(C)=O. The van der Waals surface area contributed by atoms with Gasteiger partial charge >= 0.3 is 6.03 Å². The number of anilines is 2. The lowest BCUT2D eigenvalue weighted by Gasteiger charge is -2.35. The van der Waals surface area contributed by atoms with Crippen LogP contribution in [-0.2, 0) is 4.79 Å². The molecule has 0 aliphatic carbocycles. The van der Waals surface area contributed by atoms with E-state index in [0.717, 1.165) is 19.0 Å². The first kappa shape index (κ1) is 20.0. The second kappa shape index (κ2) is 9.43. The zero-order valence-corrected chi connectivity index (χ0v) is 16.1. The lowest BCUT2D eigenvalue weighted by atomic mass is 9.99. The Morgan fingerprint density at radius 3 is 2.77 bits per heavy atom. The first-order valence-corrected chi connectivity index (χ1v) is 9.13. The molecule has 3 amide bonds. The number of hydrogen-bond donors (Lipinski definition) is 3. The topological polar surface area (TPSA) is 82.7 Å². The van der Waals surface area contributed by atoms with Crippen LogP contribution in [0.25, 0.3) is 0 Å². The van der Waals surface area contributed by atoms with E-state index in [1.165, 1.54) is 26.9 Å². The van der Waals surface area contributed by atoms with E-state index in [4.69, 9.17) is 4.74 Å². The average Bonchev–Trinajstić information content (AvgIpc) is 2.60. The lowest BCUT2D eigenvalue weighted by Crippen LogP contribution is -2.47. The fourth-order valence-corrected chi connectivity index (χ4v) is 3.23. The summed E-state index contributed by atoms with van der Waals surface area (Å²) in [5, 5.41) is 8.42. The van der Waals surface area contributed by atoms with Crippen molar-refractivity contribution in [1.29, 1.82) is 0 Å². The molecule has 0 aromatic heterocycles. The number of urea groups is 1.